The molecule has 0 saturated heterocycles. The molecule has 2 nitrogen and oxygen atoms in total. The van der Waals surface area contributed by atoms with Crippen molar-refractivity contribution in [1.82, 2.24) is 0 Å². The number of amidine groups is 1. The fourth-order valence-electron chi connectivity index (χ4n) is 0.621. The monoisotopic (exact) mass is 152 g/mol. The van der Waals surface area contributed by atoms with Crippen LogP contribution in [0.5, 0.6) is 0 Å². The predicted octanol–water partition coefficient (Wildman–Crippen LogP) is 2.67. The molecule has 62 valence electrons. The summed E-state index contributed by atoms with van der Waals surface area (Å²) in [5, 5.41) is 0. The van der Waals surface area contributed by atoms with E-state index in [-0.39, 0.29) is 5.41 Å². The van der Waals surface area contributed by atoms with E-state index in [1.807, 2.05) is 27.7 Å². The van der Waals surface area contributed by atoms with Gasteiger partial charge in [0.1, 0.15) is 5.84 Å². The maximum atomic E-state index is 4.16. The van der Waals surface area contributed by atoms with Crippen LogP contribution in [0.15, 0.2) is 22.3 Å². The van der Waals surface area contributed by atoms with E-state index in [0.29, 0.717) is 0 Å². The van der Waals surface area contributed by atoms with Gasteiger partial charge >= 0.3 is 0 Å². The van der Waals surface area contributed by atoms with E-state index < -0.39 is 0 Å². The predicted molar refractivity (Wildman–Crippen MR) is 51.3 cm³/mol. The van der Waals surface area contributed by atoms with Gasteiger partial charge in [0.25, 0.3) is 0 Å². The van der Waals surface area contributed by atoms with Crippen molar-refractivity contribution in [2.45, 2.75) is 27.7 Å². The molecule has 11 heavy (non-hydrogen) atoms. The molecule has 0 N–H and O–H groups in total. The molecule has 0 aliphatic carbocycles. The average molecular weight is 152 g/mol. The zero-order chi connectivity index (χ0) is 9.07. The van der Waals surface area contributed by atoms with E-state index in [0.717, 1.165) is 11.5 Å². The van der Waals surface area contributed by atoms with Crippen molar-refractivity contribution in [1.29, 1.82) is 0 Å². The number of rotatable bonds is 1. The van der Waals surface area contributed by atoms with E-state index in [9.17, 15) is 0 Å². The Labute approximate surface area is 68.8 Å². The van der Waals surface area contributed by atoms with Crippen LogP contribution < -0.4 is 0 Å². The Morgan fingerprint density at radius 3 is 1.82 bits per heavy atom. The van der Waals surface area contributed by atoms with Gasteiger partial charge in [0, 0.05) is 11.1 Å². The van der Waals surface area contributed by atoms with Gasteiger partial charge in [0.2, 0.25) is 0 Å². The summed E-state index contributed by atoms with van der Waals surface area (Å²) in [4.78, 5) is 8.00. The third-order valence-electron chi connectivity index (χ3n) is 1.12. The molecular weight excluding hydrogens is 136 g/mol. The Hall–Kier alpha value is -0.920. The summed E-state index contributed by atoms with van der Waals surface area (Å²) in [6.45, 7) is 15.1. The van der Waals surface area contributed by atoms with Gasteiger partial charge in [0.15, 0.2) is 0 Å². The molecule has 2 heteroatoms. The zero-order valence-corrected chi connectivity index (χ0v) is 7.81. The highest BCUT2D eigenvalue weighted by atomic mass is 14.9. The van der Waals surface area contributed by atoms with Crippen LogP contribution in [0.4, 0.5) is 0 Å². The number of aliphatic imine (C=N–C) groups is 2. The molecule has 0 radical (unpaired) electrons. The van der Waals surface area contributed by atoms with Crippen molar-refractivity contribution in [2.75, 3.05) is 0 Å². The lowest BCUT2D eigenvalue weighted by Crippen LogP contribution is -2.17. The van der Waals surface area contributed by atoms with Crippen LogP contribution in [0.25, 0.3) is 0 Å². The van der Waals surface area contributed by atoms with Crippen molar-refractivity contribution in [2.24, 2.45) is 15.4 Å². The van der Waals surface area contributed by atoms with Crippen molar-refractivity contribution in [3.63, 3.8) is 0 Å². The van der Waals surface area contributed by atoms with Crippen LogP contribution in [0.3, 0.4) is 0 Å². The summed E-state index contributed by atoms with van der Waals surface area (Å²) in [5.74, 6) is 0.741. The van der Waals surface area contributed by atoms with Gasteiger partial charge in [0.05, 0.1) is 0 Å². The van der Waals surface area contributed by atoms with Crippen LogP contribution in [-0.4, -0.2) is 12.6 Å². The van der Waals surface area contributed by atoms with E-state index in [2.05, 4.69) is 23.3 Å². The molecule has 0 aliphatic heterocycles. The summed E-state index contributed by atoms with van der Waals surface area (Å²) in [6, 6.07) is 0. The molecule has 0 atom stereocenters. The van der Waals surface area contributed by atoms with Crippen molar-refractivity contribution >= 4 is 12.6 Å². The number of hydrogen-bond donors (Lipinski definition) is 0. The van der Waals surface area contributed by atoms with Gasteiger partial charge in [-0.1, -0.05) is 27.4 Å². The minimum Gasteiger partial charge on any atom is -0.249 e. The summed E-state index contributed by atoms with van der Waals surface area (Å²) >= 11 is 0. The molecule has 0 aromatic heterocycles. The molecule has 0 heterocycles. The van der Waals surface area contributed by atoms with Crippen LogP contribution in [-0.2, 0) is 0 Å². The summed E-state index contributed by atoms with van der Waals surface area (Å²) in [5.41, 5.74) is 0.725. The highest BCUT2D eigenvalue weighted by molar-refractivity contribution is 5.91. The van der Waals surface area contributed by atoms with E-state index in [4.69, 9.17) is 0 Å². The SMILES string of the molecule is C=NC(=NC(=C)C)C(C)(C)C. The number of nitrogens with zero attached hydrogens (tertiary/aromatic N) is 2. The first-order chi connectivity index (χ1) is 4.88. The van der Waals surface area contributed by atoms with Gasteiger partial charge in [-0.3, -0.25) is 0 Å². The highest BCUT2D eigenvalue weighted by Gasteiger charge is 2.16. The maximum Gasteiger partial charge on any atom is 0.133 e. The van der Waals surface area contributed by atoms with Gasteiger partial charge in [-0.2, -0.15) is 0 Å². The quantitative estimate of drug-likeness (QED) is 0.407. The summed E-state index contributed by atoms with van der Waals surface area (Å²) in [6.07, 6.45) is 0. The van der Waals surface area contributed by atoms with Gasteiger partial charge in [-0.25, -0.2) is 9.98 Å². The smallest absolute Gasteiger partial charge is 0.133 e. The molecule has 0 bridgehead atoms. The summed E-state index contributed by atoms with van der Waals surface area (Å²) < 4.78 is 0. The molecule has 0 saturated carbocycles. The van der Waals surface area contributed by atoms with Crippen LogP contribution >= 0.6 is 0 Å². The van der Waals surface area contributed by atoms with Gasteiger partial charge in [-0.15, -0.1) is 0 Å². The molecule has 0 aliphatic rings. The Kier molecular flexibility index (Phi) is 3.18. The summed E-state index contributed by atoms with van der Waals surface area (Å²) in [7, 11) is 0. The second kappa shape index (κ2) is 3.46. The Balaban J connectivity index is 4.68. The van der Waals surface area contributed by atoms with Crippen LogP contribution in [0, 0.1) is 5.41 Å². The average Bonchev–Trinajstić information content (AvgIpc) is 1.79. The first-order valence-electron chi connectivity index (χ1n) is 3.59. The first-order valence-corrected chi connectivity index (χ1v) is 3.59. The Morgan fingerprint density at radius 1 is 1.27 bits per heavy atom. The Morgan fingerprint density at radius 2 is 1.73 bits per heavy atom. The molecule has 0 aromatic rings. The Bertz CT molecular complexity index is 194. The number of hydrogen-bond acceptors (Lipinski definition) is 1. The van der Waals surface area contributed by atoms with Crippen molar-refractivity contribution < 1.29 is 0 Å². The molecule has 0 spiro atoms. The normalized spacial score (nSPS) is 12.9. The van der Waals surface area contributed by atoms with E-state index in [1.165, 1.54) is 0 Å². The lowest BCUT2D eigenvalue weighted by atomic mass is 9.95. The largest absolute Gasteiger partial charge is 0.249 e. The van der Waals surface area contributed by atoms with Gasteiger partial charge < -0.3 is 0 Å². The topological polar surface area (TPSA) is 24.7 Å². The molecule has 0 amide bonds. The molecule has 0 fully saturated rings. The highest BCUT2D eigenvalue weighted by Crippen LogP contribution is 2.17. The lowest BCUT2D eigenvalue weighted by molar-refractivity contribution is 0.585. The second-order valence-electron chi connectivity index (χ2n) is 3.58. The molecular formula is C9H16N2. The maximum absolute atomic E-state index is 4.16. The second-order valence-corrected chi connectivity index (χ2v) is 3.58. The van der Waals surface area contributed by atoms with Crippen LogP contribution in [0.2, 0.25) is 0 Å². The van der Waals surface area contributed by atoms with E-state index in [1.54, 1.807) is 0 Å². The van der Waals surface area contributed by atoms with E-state index >= 15 is 0 Å². The van der Waals surface area contributed by atoms with Gasteiger partial charge in [-0.05, 0) is 13.6 Å². The standard InChI is InChI=1S/C9H16N2/c1-7(2)11-8(10-6)9(3,4)5/h1,6H2,2-5H3. The third-order valence-corrected chi connectivity index (χ3v) is 1.12. The molecule has 0 aromatic carbocycles. The van der Waals surface area contributed by atoms with Crippen LogP contribution in [0.1, 0.15) is 27.7 Å². The first kappa shape index (κ1) is 10.1. The fraction of sp³-hybridized carbons (Fsp3) is 0.556. The molecule has 0 rings (SSSR count). The molecule has 0 unspecified atom stereocenters. The van der Waals surface area contributed by atoms with Crippen molar-refractivity contribution in [3.05, 3.63) is 12.3 Å². The minimum absolute atomic E-state index is 0.0410. The van der Waals surface area contributed by atoms with Crippen molar-refractivity contribution in [3.8, 4) is 0 Å². The fourth-order valence-corrected chi connectivity index (χ4v) is 0.621. The lowest BCUT2D eigenvalue weighted by Gasteiger charge is -2.16. The third kappa shape index (κ3) is 3.71. The number of allylic oxidation sites excluding steroid dienone is 1. The minimum atomic E-state index is -0.0410. The zero-order valence-electron chi connectivity index (χ0n) is 7.81.